The van der Waals surface area contributed by atoms with Crippen molar-refractivity contribution >= 4 is 27.2 Å². The van der Waals surface area contributed by atoms with E-state index < -0.39 is 11.6 Å². The number of hydrogen-bond donors (Lipinski definition) is 2. The molecule has 2 heterocycles. The van der Waals surface area contributed by atoms with Crippen molar-refractivity contribution in [2.24, 2.45) is 5.73 Å². The van der Waals surface area contributed by atoms with Crippen LogP contribution in [0.3, 0.4) is 0 Å². The molecule has 0 saturated carbocycles. The van der Waals surface area contributed by atoms with Crippen LogP contribution in [0.2, 0.25) is 0 Å². The lowest BCUT2D eigenvalue weighted by Crippen LogP contribution is -2.10. The molecule has 4 aromatic rings. The highest BCUT2D eigenvalue weighted by Crippen LogP contribution is 2.29. The summed E-state index contributed by atoms with van der Waals surface area (Å²) in [6, 6.07) is 5.86. The molecule has 5 nitrogen and oxygen atoms in total. The van der Waals surface area contributed by atoms with Crippen molar-refractivity contribution in [1.82, 2.24) is 14.6 Å². The van der Waals surface area contributed by atoms with E-state index in [2.05, 4.69) is 10.2 Å². The Bertz CT molecular complexity index is 1150. The Balaban J connectivity index is 2.14. The van der Waals surface area contributed by atoms with Gasteiger partial charge >= 0.3 is 5.69 Å². The average molecular weight is 328 g/mol. The largest absolute Gasteiger partial charge is 0.347 e. The van der Waals surface area contributed by atoms with Gasteiger partial charge in [-0.15, -0.1) is 0 Å². The summed E-state index contributed by atoms with van der Waals surface area (Å²) in [5.41, 5.74) is 6.62. The number of hydrogen-bond acceptors (Lipinski definition) is 3. The number of rotatable bonds is 3. The van der Waals surface area contributed by atoms with Gasteiger partial charge in [-0.05, 0) is 65.4 Å². The average Bonchev–Trinajstić information content (AvgIpc) is 2.93. The van der Waals surface area contributed by atoms with Crippen LogP contribution in [0.1, 0.15) is 12.0 Å². The van der Waals surface area contributed by atoms with E-state index >= 15 is 0 Å². The number of benzene rings is 2. The van der Waals surface area contributed by atoms with E-state index in [-0.39, 0.29) is 5.69 Å². The summed E-state index contributed by atoms with van der Waals surface area (Å²) in [7, 11) is 0. The zero-order chi connectivity index (χ0) is 16.8. The molecule has 2 aromatic carbocycles. The number of aromatic amines is 1. The fourth-order valence-corrected chi connectivity index (χ4v) is 3.08. The normalized spacial score (nSPS) is 11.8. The van der Waals surface area contributed by atoms with Gasteiger partial charge in [0.25, 0.3) is 0 Å². The van der Waals surface area contributed by atoms with Crippen LogP contribution in [-0.4, -0.2) is 21.1 Å². The summed E-state index contributed by atoms with van der Waals surface area (Å²) in [5.74, 6) is -1.79. The van der Waals surface area contributed by atoms with E-state index in [0.717, 1.165) is 23.4 Å². The van der Waals surface area contributed by atoms with Gasteiger partial charge < -0.3 is 5.73 Å². The van der Waals surface area contributed by atoms with Gasteiger partial charge in [0.2, 0.25) is 0 Å². The van der Waals surface area contributed by atoms with Crippen molar-refractivity contribution in [2.45, 2.75) is 12.8 Å². The van der Waals surface area contributed by atoms with Gasteiger partial charge in [0.15, 0.2) is 17.3 Å². The Kier molecular flexibility index (Phi) is 3.31. The molecular formula is C17H14F2N4O. The molecule has 0 radical (unpaired) electrons. The Labute approximate surface area is 134 Å². The first kappa shape index (κ1) is 14.8. The first-order valence-electron chi connectivity index (χ1n) is 7.59. The summed E-state index contributed by atoms with van der Waals surface area (Å²) < 4.78 is 28.5. The summed E-state index contributed by atoms with van der Waals surface area (Å²) in [4.78, 5) is 11.9. The molecule has 122 valence electrons. The van der Waals surface area contributed by atoms with Crippen molar-refractivity contribution in [3.8, 4) is 0 Å². The van der Waals surface area contributed by atoms with Crippen molar-refractivity contribution in [3.63, 3.8) is 0 Å². The van der Waals surface area contributed by atoms with Crippen LogP contribution in [-0.2, 0) is 6.42 Å². The number of fused-ring (bicyclic) bond motifs is 4. The molecule has 0 aliphatic carbocycles. The van der Waals surface area contributed by atoms with E-state index in [1.54, 1.807) is 18.3 Å². The quantitative estimate of drug-likeness (QED) is 0.567. The van der Waals surface area contributed by atoms with Crippen molar-refractivity contribution in [2.75, 3.05) is 6.54 Å². The zero-order valence-corrected chi connectivity index (χ0v) is 12.6. The van der Waals surface area contributed by atoms with E-state index in [4.69, 9.17) is 5.73 Å². The van der Waals surface area contributed by atoms with E-state index in [1.165, 1.54) is 10.5 Å². The maximum Gasteiger partial charge on any atom is 0.347 e. The minimum absolute atomic E-state index is 0.341. The monoisotopic (exact) mass is 328 g/mol. The Hall–Kier alpha value is -2.80. The maximum absolute atomic E-state index is 13.6. The van der Waals surface area contributed by atoms with E-state index in [0.29, 0.717) is 34.8 Å². The topological polar surface area (TPSA) is 76.2 Å². The van der Waals surface area contributed by atoms with E-state index in [9.17, 15) is 13.6 Å². The van der Waals surface area contributed by atoms with E-state index in [1.807, 2.05) is 0 Å². The number of nitrogens with one attached hydrogen (secondary N) is 1. The molecule has 2 aromatic heterocycles. The third kappa shape index (κ3) is 2.16. The van der Waals surface area contributed by atoms with Crippen LogP contribution >= 0.6 is 0 Å². The van der Waals surface area contributed by atoms with Gasteiger partial charge in [-0.2, -0.15) is 5.10 Å². The summed E-state index contributed by atoms with van der Waals surface area (Å²) in [6.07, 6.45) is 3.16. The number of pyridine rings is 1. The first-order chi connectivity index (χ1) is 11.6. The first-order valence-corrected chi connectivity index (χ1v) is 7.59. The third-order valence-corrected chi connectivity index (χ3v) is 4.24. The molecule has 7 heteroatoms. The number of nitrogens with zero attached hydrogens (tertiary/aromatic N) is 2. The predicted molar refractivity (Wildman–Crippen MR) is 88.1 cm³/mol. The number of nitrogens with two attached hydrogens (primary N) is 1. The molecule has 0 aliphatic heterocycles. The second kappa shape index (κ2) is 5.38. The SMILES string of the molecule is NCCCc1cn2c(=O)[nH]nc2c2cc3cc(F)c(F)cc3cc12. The molecular weight excluding hydrogens is 314 g/mol. The molecule has 0 spiro atoms. The molecule has 4 rings (SSSR count). The van der Waals surface area contributed by atoms with Crippen molar-refractivity contribution in [3.05, 3.63) is 58.1 Å². The lowest BCUT2D eigenvalue weighted by Gasteiger charge is -2.10. The Morgan fingerprint density at radius 1 is 1.08 bits per heavy atom. The van der Waals surface area contributed by atoms with Crippen LogP contribution in [0.4, 0.5) is 8.78 Å². The van der Waals surface area contributed by atoms with Crippen LogP contribution in [0.5, 0.6) is 0 Å². The highest BCUT2D eigenvalue weighted by Gasteiger charge is 2.13. The van der Waals surface area contributed by atoms with Crippen LogP contribution < -0.4 is 11.4 Å². The fraction of sp³-hybridized carbons (Fsp3) is 0.176. The molecule has 0 atom stereocenters. The van der Waals surface area contributed by atoms with Crippen LogP contribution in [0, 0.1) is 11.6 Å². The van der Waals surface area contributed by atoms with Gasteiger partial charge in [-0.25, -0.2) is 23.1 Å². The second-order valence-electron chi connectivity index (χ2n) is 5.78. The number of halogens is 2. The summed E-state index contributed by atoms with van der Waals surface area (Å²) in [6.45, 7) is 0.521. The molecule has 0 saturated heterocycles. The standard InChI is InChI=1S/C17H14F2N4O/c18-14-6-10-4-12-9(2-1-3-20)8-23-16(21-22-17(23)24)13(12)5-11(10)7-15(14)19/h4-8H,1-3,20H2,(H,22,24). The fourth-order valence-electron chi connectivity index (χ4n) is 3.08. The molecule has 0 fully saturated rings. The second-order valence-corrected chi connectivity index (χ2v) is 5.78. The van der Waals surface area contributed by atoms with Crippen LogP contribution in [0.15, 0.2) is 35.3 Å². The molecule has 0 unspecified atom stereocenters. The van der Waals surface area contributed by atoms with Crippen LogP contribution in [0.25, 0.3) is 27.2 Å². The molecule has 3 N–H and O–H groups in total. The third-order valence-electron chi connectivity index (χ3n) is 4.24. The highest BCUT2D eigenvalue weighted by molar-refractivity contribution is 6.05. The number of aryl methyl sites for hydroxylation is 1. The van der Waals surface area contributed by atoms with Gasteiger partial charge in [0, 0.05) is 11.6 Å². The minimum atomic E-state index is -0.906. The highest BCUT2D eigenvalue weighted by atomic mass is 19.2. The van der Waals surface area contributed by atoms with Gasteiger partial charge in [-0.3, -0.25) is 0 Å². The number of H-pyrrole nitrogens is 1. The van der Waals surface area contributed by atoms with Crippen molar-refractivity contribution < 1.29 is 8.78 Å². The Morgan fingerprint density at radius 3 is 2.42 bits per heavy atom. The molecule has 0 bridgehead atoms. The molecule has 0 aliphatic rings. The van der Waals surface area contributed by atoms with Gasteiger partial charge in [0.1, 0.15) is 0 Å². The maximum atomic E-state index is 13.6. The smallest absolute Gasteiger partial charge is 0.330 e. The van der Waals surface area contributed by atoms with Gasteiger partial charge in [-0.1, -0.05) is 0 Å². The molecule has 0 amide bonds. The minimum Gasteiger partial charge on any atom is -0.330 e. The lowest BCUT2D eigenvalue weighted by atomic mass is 9.99. The predicted octanol–water partition coefficient (Wildman–Crippen LogP) is 2.50. The lowest BCUT2D eigenvalue weighted by molar-refractivity contribution is 0.511. The number of aromatic nitrogens is 3. The Morgan fingerprint density at radius 2 is 1.75 bits per heavy atom. The van der Waals surface area contributed by atoms with Crippen molar-refractivity contribution in [1.29, 1.82) is 0 Å². The summed E-state index contributed by atoms with van der Waals surface area (Å²) >= 11 is 0. The summed E-state index contributed by atoms with van der Waals surface area (Å²) in [5, 5.41) is 9.18. The molecule has 24 heavy (non-hydrogen) atoms. The zero-order valence-electron chi connectivity index (χ0n) is 12.6. The van der Waals surface area contributed by atoms with Gasteiger partial charge in [0.05, 0.1) is 0 Å².